The topological polar surface area (TPSA) is 93.1 Å². The number of H-pyrrole nitrogens is 1. The summed E-state index contributed by atoms with van der Waals surface area (Å²) >= 11 is 0. The Morgan fingerprint density at radius 1 is 1.37 bits per heavy atom. The molecule has 5 rings (SSSR count). The lowest BCUT2D eigenvalue weighted by atomic mass is 10.0. The van der Waals surface area contributed by atoms with Crippen molar-refractivity contribution in [1.82, 2.24) is 29.6 Å². The molecule has 0 spiro atoms. The molecule has 9 nitrogen and oxygen atoms in total. The van der Waals surface area contributed by atoms with Gasteiger partial charge in [-0.05, 0) is 26.3 Å². The van der Waals surface area contributed by atoms with Gasteiger partial charge in [0.05, 0.1) is 54.9 Å². The number of halogens is 1. The minimum absolute atomic E-state index is 0.274. The van der Waals surface area contributed by atoms with Gasteiger partial charge in [-0.3, -0.25) is 9.58 Å². The second kappa shape index (κ2) is 7.84. The highest BCUT2D eigenvalue weighted by atomic mass is 19.1. The monoisotopic (exact) mass is 415 g/mol. The normalized spacial score (nSPS) is 22.9. The summed E-state index contributed by atoms with van der Waals surface area (Å²) in [6.45, 7) is 7.06. The molecule has 2 aliphatic heterocycles. The Hall–Kier alpha value is -2.72. The number of aromatic nitrogens is 5. The summed E-state index contributed by atoms with van der Waals surface area (Å²) in [5, 5.41) is 8.53. The minimum Gasteiger partial charge on any atom is -0.477 e. The molecule has 0 bridgehead atoms. The molecule has 5 heterocycles. The standard InChI is InChI=1S/C20H26FN7O2/c1-3-30-19-14-4-6-22-18(14)25-20(26-19)24-16-8-23-28(12(16)2)17-5-7-27(9-15(17)21)13-10-29-11-13/h4,6,8,13,15,17H,3,5,7,9-11H2,1-2H3,(H2,22,24,25,26)/t15-,17-/m1/s1. The summed E-state index contributed by atoms with van der Waals surface area (Å²) in [5.41, 5.74) is 2.30. The number of likely N-dealkylation sites (tertiary alicyclic amines) is 1. The number of piperidine rings is 1. The van der Waals surface area contributed by atoms with Crippen LogP contribution < -0.4 is 10.1 Å². The van der Waals surface area contributed by atoms with Crippen molar-refractivity contribution in [2.75, 3.05) is 38.2 Å². The van der Waals surface area contributed by atoms with Gasteiger partial charge in [-0.1, -0.05) is 0 Å². The van der Waals surface area contributed by atoms with Crippen molar-refractivity contribution < 1.29 is 13.9 Å². The minimum atomic E-state index is -0.970. The van der Waals surface area contributed by atoms with Crippen LogP contribution in [0, 0.1) is 6.92 Å². The predicted molar refractivity (Wildman–Crippen MR) is 110 cm³/mol. The maximum atomic E-state index is 15.0. The summed E-state index contributed by atoms with van der Waals surface area (Å²) < 4.78 is 27.7. The van der Waals surface area contributed by atoms with Crippen molar-refractivity contribution in [2.24, 2.45) is 0 Å². The lowest BCUT2D eigenvalue weighted by Gasteiger charge is -2.42. The lowest BCUT2D eigenvalue weighted by Crippen LogP contribution is -2.55. The van der Waals surface area contributed by atoms with Crippen LogP contribution in [0.2, 0.25) is 0 Å². The maximum absolute atomic E-state index is 15.0. The van der Waals surface area contributed by atoms with Gasteiger partial charge >= 0.3 is 0 Å². The molecule has 2 aliphatic rings. The van der Waals surface area contributed by atoms with E-state index >= 15 is 0 Å². The molecule has 0 saturated carbocycles. The molecule has 2 atom stereocenters. The van der Waals surface area contributed by atoms with E-state index in [2.05, 4.69) is 30.3 Å². The zero-order chi connectivity index (χ0) is 20.7. The summed E-state index contributed by atoms with van der Waals surface area (Å²) in [7, 11) is 0. The van der Waals surface area contributed by atoms with Crippen molar-refractivity contribution in [2.45, 2.75) is 38.5 Å². The van der Waals surface area contributed by atoms with Crippen molar-refractivity contribution >= 4 is 22.7 Å². The zero-order valence-corrected chi connectivity index (χ0v) is 17.1. The van der Waals surface area contributed by atoms with E-state index in [1.807, 2.05) is 19.9 Å². The molecular weight excluding hydrogens is 389 g/mol. The van der Waals surface area contributed by atoms with Gasteiger partial charge in [0.1, 0.15) is 11.8 Å². The van der Waals surface area contributed by atoms with Gasteiger partial charge in [-0.25, -0.2) is 4.39 Å². The third-order valence-corrected chi connectivity index (χ3v) is 5.94. The average Bonchev–Trinajstić information content (AvgIpc) is 3.29. The second-order valence-electron chi connectivity index (χ2n) is 7.80. The van der Waals surface area contributed by atoms with Gasteiger partial charge in [0.2, 0.25) is 11.8 Å². The van der Waals surface area contributed by atoms with Gasteiger partial charge in [-0.15, -0.1) is 0 Å². The quantitative estimate of drug-likeness (QED) is 0.639. The van der Waals surface area contributed by atoms with Crippen molar-refractivity contribution in [3.05, 3.63) is 24.2 Å². The first-order valence-electron chi connectivity index (χ1n) is 10.4. The summed E-state index contributed by atoms with van der Waals surface area (Å²) in [4.78, 5) is 14.3. The van der Waals surface area contributed by atoms with Crippen LogP contribution in [0.3, 0.4) is 0 Å². The maximum Gasteiger partial charge on any atom is 0.232 e. The van der Waals surface area contributed by atoms with Crippen molar-refractivity contribution in [1.29, 1.82) is 0 Å². The lowest BCUT2D eigenvalue weighted by molar-refractivity contribution is -0.0848. The van der Waals surface area contributed by atoms with Gasteiger partial charge in [0.15, 0.2) is 0 Å². The van der Waals surface area contributed by atoms with E-state index in [1.165, 1.54) is 0 Å². The first-order chi connectivity index (χ1) is 14.6. The van der Waals surface area contributed by atoms with E-state index in [9.17, 15) is 4.39 Å². The number of fused-ring (bicyclic) bond motifs is 1. The third kappa shape index (κ3) is 3.39. The van der Waals surface area contributed by atoms with Gasteiger partial charge in [0.25, 0.3) is 0 Å². The number of nitrogens with one attached hydrogen (secondary N) is 2. The van der Waals surface area contributed by atoms with E-state index in [0.29, 0.717) is 49.9 Å². The second-order valence-corrected chi connectivity index (χ2v) is 7.80. The van der Waals surface area contributed by atoms with Crippen molar-refractivity contribution in [3.8, 4) is 5.88 Å². The first kappa shape index (κ1) is 19.3. The fourth-order valence-corrected chi connectivity index (χ4v) is 4.17. The summed E-state index contributed by atoms with van der Waals surface area (Å²) in [5.74, 6) is 0.931. The molecule has 160 valence electrons. The molecule has 0 unspecified atom stereocenters. The Bertz CT molecular complexity index is 1030. The molecule has 3 aromatic rings. The Labute approximate surface area is 173 Å². The van der Waals surface area contributed by atoms with Crippen LogP contribution in [0.4, 0.5) is 16.0 Å². The third-order valence-electron chi connectivity index (χ3n) is 5.94. The van der Waals surface area contributed by atoms with Gasteiger partial charge in [-0.2, -0.15) is 15.1 Å². The number of nitrogens with zero attached hydrogens (tertiary/aromatic N) is 5. The molecule has 2 N–H and O–H groups in total. The van der Waals surface area contributed by atoms with Crippen LogP contribution >= 0.6 is 0 Å². The van der Waals surface area contributed by atoms with Crippen molar-refractivity contribution in [3.63, 3.8) is 0 Å². The molecular formula is C20H26FN7O2. The van der Waals surface area contributed by atoms with E-state index in [0.717, 1.165) is 29.7 Å². The molecule has 3 aromatic heterocycles. The molecule has 0 aromatic carbocycles. The number of ether oxygens (including phenoxy) is 2. The van der Waals surface area contributed by atoms with Crippen LogP contribution in [0.15, 0.2) is 18.5 Å². The number of aromatic amines is 1. The first-order valence-corrected chi connectivity index (χ1v) is 10.4. The number of hydrogen-bond acceptors (Lipinski definition) is 7. The molecule has 10 heteroatoms. The molecule has 0 amide bonds. The highest BCUT2D eigenvalue weighted by molar-refractivity contribution is 5.82. The van der Waals surface area contributed by atoms with Crippen LogP contribution in [0.25, 0.3) is 11.0 Å². The van der Waals surface area contributed by atoms with E-state index in [-0.39, 0.29) is 6.04 Å². The molecule has 30 heavy (non-hydrogen) atoms. The average molecular weight is 415 g/mol. The Kier molecular flexibility index (Phi) is 5.03. The summed E-state index contributed by atoms with van der Waals surface area (Å²) in [6, 6.07) is 1.97. The Balaban J connectivity index is 1.34. The smallest absolute Gasteiger partial charge is 0.232 e. The molecule has 0 aliphatic carbocycles. The molecule has 2 fully saturated rings. The number of hydrogen-bond donors (Lipinski definition) is 2. The Morgan fingerprint density at radius 2 is 2.23 bits per heavy atom. The van der Waals surface area contributed by atoms with Crippen LogP contribution in [0.1, 0.15) is 25.1 Å². The Morgan fingerprint density at radius 3 is 2.97 bits per heavy atom. The van der Waals surface area contributed by atoms with E-state index in [1.54, 1.807) is 17.1 Å². The van der Waals surface area contributed by atoms with Crippen LogP contribution in [0.5, 0.6) is 5.88 Å². The number of anilines is 2. The molecule has 2 saturated heterocycles. The number of alkyl halides is 1. The summed E-state index contributed by atoms with van der Waals surface area (Å²) in [6.07, 6.45) is 3.26. The van der Waals surface area contributed by atoms with E-state index < -0.39 is 6.17 Å². The number of rotatable bonds is 6. The van der Waals surface area contributed by atoms with Crippen LogP contribution in [-0.4, -0.2) is 74.8 Å². The fraction of sp³-hybridized carbons (Fsp3) is 0.550. The van der Waals surface area contributed by atoms with Gasteiger partial charge < -0.3 is 19.8 Å². The highest BCUT2D eigenvalue weighted by Crippen LogP contribution is 2.31. The largest absolute Gasteiger partial charge is 0.477 e. The van der Waals surface area contributed by atoms with E-state index in [4.69, 9.17) is 9.47 Å². The molecule has 0 radical (unpaired) electrons. The van der Waals surface area contributed by atoms with Crippen LogP contribution in [-0.2, 0) is 4.74 Å². The highest BCUT2D eigenvalue weighted by Gasteiger charge is 2.37. The SMILES string of the molecule is CCOc1nc(Nc2cnn([C@@H]3CCN(C4COC4)C[C@H]3F)c2C)nc2[nH]ccc12. The fourth-order valence-electron chi connectivity index (χ4n) is 4.17. The predicted octanol–water partition coefficient (Wildman–Crippen LogP) is 2.59. The van der Waals surface area contributed by atoms with Gasteiger partial charge in [0, 0.05) is 19.3 Å². The zero-order valence-electron chi connectivity index (χ0n) is 17.1.